The number of halogens is 1. The van der Waals surface area contributed by atoms with Crippen molar-refractivity contribution in [3.63, 3.8) is 0 Å². The summed E-state index contributed by atoms with van der Waals surface area (Å²) in [4.78, 5) is 33.2. The third-order valence-corrected chi connectivity index (χ3v) is 8.66. The Balaban J connectivity index is 1.45. The quantitative estimate of drug-likeness (QED) is 0.218. The average molecular weight is 651 g/mol. The first-order chi connectivity index (χ1) is 20.9. The Morgan fingerprint density at radius 1 is 0.977 bits per heavy atom. The van der Waals surface area contributed by atoms with Crippen LogP contribution in [0, 0.1) is 6.92 Å². The number of rotatable bonds is 7. The number of ether oxygens (including phenoxy) is 1. The molecule has 1 atom stereocenters. The van der Waals surface area contributed by atoms with Crippen molar-refractivity contribution in [2.75, 3.05) is 5.32 Å². The third kappa shape index (κ3) is 6.16. The molecule has 0 bridgehead atoms. The summed E-state index contributed by atoms with van der Waals surface area (Å²) in [7, 11) is 0. The number of aromatic nitrogens is 1. The molecular weight excluding hydrogens is 622 g/mol. The zero-order valence-corrected chi connectivity index (χ0v) is 26.0. The van der Waals surface area contributed by atoms with Crippen LogP contribution in [0.4, 0.5) is 5.69 Å². The zero-order chi connectivity index (χ0) is 29.9. The normalized spacial score (nSPS) is 14.7. The van der Waals surface area contributed by atoms with Crippen molar-refractivity contribution in [3.05, 3.63) is 161 Å². The van der Waals surface area contributed by atoms with E-state index in [4.69, 9.17) is 9.73 Å². The number of carbonyl (C=O) groups excluding carboxylic acids is 1. The van der Waals surface area contributed by atoms with E-state index in [1.54, 1.807) is 4.57 Å². The predicted molar refractivity (Wildman–Crippen MR) is 175 cm³/mol. The number of nitrogens with one attached hydrogen (secondary N) is 1. The lowest BCUT2D eigenvalue weighted by Gasteiger charge is -2.25. The molecule has 5 aromatic rings. The van der Waals surface area contributed by atoms with E-state index in [2.05, 4.69) is 21.2 Å². The second-order valence-corrected chi connectivity index (χ2v) is 12.2. The van der Waals surface area contributed by atoms with E-state index in [1.807, 2.05) is 123 Å². The molecule has 1 N–H and O–H groups in total. The summed E-state index contributed by atoms with van der Waals surface area (Å²) in [6.07, 6.45) is 1.84. The molecule has 8 heteroatoms. The summed E-state index contributed by atoms with van der Waals surface area (Å²) in [5.74, 6) is 0.364. The molecule has 2 heterocycles. The maximum atomic E-state index is 14.2. The maximum absolute atomic E-state index is 14.2. The van der Waals surface area contributed by atoms with Crippen molar-refractivity contribution in [1.82, 2.24) is 4.57 Å². The number of aryl methyl sites for hydroxylation is 1. The Kier molecular flexibility index (Phi) is 8.22. The summed E-state index contributed by atoms with van der Waals surface area (Å²) in [6.45, 7) is 4.23. The van der Waals surface area contributed by atoms with Gasteiger partial charge in [-0.15, -0.1) is 0 Å². The van der Waals surface area contributed by atoms with Gasteiger partial charge in [0.05, 0.1) is 21.8 Å². The molecule has 0 fully saturated rings. The van der Waals surface area contributed by atoms with E-state index in [0.29, 0.717) is 38.6 Å². The fourth-order valence-electron chi connectivity index (χ4n) is 5.04. The van der Waals surface area contributed by atoms with Crippen molar-refractivity contribution < 1.29 is 9.53 Å². The molecular formula is C35H28BrN3O3S. The van der Waals surface area contributed by atoms with Crippen molar-refractivity contribution in [3.8, 4) is 5.75 Å². The number of allylic oxidation sites excluding steroid dienone is 1. The molecule has 4 aromatic carbocycles. The van der Waals surface area contributed by atoms with Gasteiger partial charge in [-0.25, -0.2) is 4.99 Å². The van der Waals surface area contributed by atoms with E-state index < -0.39 is 6.04 Å². The van der Waals surface area contributed by atoms with Gasteiger partial charge < -0.3 is 10.1 Å². The Morgan fingerprint density at radius 3 is 2.40 bits per heavy atom. The highest BCUT2D eigenvalue weighted by molar-refractivity contribution is 9.10. The lowest BCUT2D eigenvalue weighted by molar-refractivity contribution is -0.113. The highest BCUT2D eigenvalue weighted by atomic mass is 79.9. The van der Waals surface area contributed by atoms with Gasteiger partial charge in [0.25, 0.3) is 11.5 Å². The molecule has 0 unspecified atom stereocenters. The molecule has 1 aromatic heterocycles. The van der Waals surface area contributed by atoms with Crippen LogP contribution < -0.4 is 24.9 Å². The second kappa shape index (κ2) is 12.4. The predicted octanol–water partition coefficient (Wildman–Crippen LogP) is 6.52. The van der Waals surface area contributed by atoms with Gasteiger partial charge in [-0.3, -0.25) is 14.2 Å². The van der Waals surface area contributed by atoms with Crippen LogP contribution in [0.1, 0.15) is 35.2 Å². The van der Waals surface area contributed by atoms with Gasteiger partial charge in [-0.2, -0.15) is 0 Å². The number of hydrogen-bond donors (Lipinski definition) is 1. The molecule has 0 saturated heterocycles. The van der Waals surface area contributed by atoms with Crippen molar-refractivity contribution >= 4 is 44.9 Å². The third-order valence-electron chi connectivity index (χ3n) is 7.19. The number of thiazole rings is 1. The lowest BCUT2D eigenvalue weighted by atomic mass is 9.94. The summed E-state index contributed by atoms with van der Waals surface area (Å²) in [5.41, 5.74) is 5.18. The van der Waals surface area contributed by atoms with Gasteiger partial charge in [0.15, 0.2) is 4.80 Å². The van der Waals surface area contributed by atoms with Crippen LogP contribution in [0.2, 0.25) is 0 Å². The Morgan fingerprint density at radius 2 is 1.67 bits per heavy atom. The minimum atomic E-state index is -0.640. The van der Waals surface area contributed by atoms with Crippen LogP contribution in [0.5, 0.6) is 5.75 Å². The Labute approximate surface area is 261 Å². The van der Waals surface area contributed by atoms with Crippen LogP contribution in [0.3, 0.4) is 0 Å². The fraction of sp³-hybridized carbons (Fsp3) is 0.114. The number of nitrogens with zero attached hydrogens (tertiary/aromatic N) is 2. The van der Waals surface area contributed by atoms with Crippen LogP contribution in [-0.2, 0) is 11.4 Å². The molecule has 6 rings (SSSR count). The van der Waals surface area contributed by atoms with E-state index in [9.17, 15) is 9.59 Å². The molecule has 1 amide bonds. The SMILES string of the molecule is CC1=C(C(=O)Nc2ccccc2)[C@@H](c2ccc(C)cc2)n2c(s/c(=C\c3cc(Br)ccc3OCc3ccccc3)c2=O)=N1. The molecule has 0 aliphatic carbocycles. The van der Waals surface area contributed by atoms with Gasteiger partial charge in [-0.05, 0) is 61.4 Å². The molecule has 0 radical (unpaired) electrons. The van der Waals surface area contributed by atoms with E-state index in [1.165, 1.54) is 11.3 Å². The number of para-hydroxylation sites is 1. The van der Waals surface area contributed by atoms with Crippen LogP contribution in [0.25, 0.3) is 6.08 Å². The molecule has 6 nitrogen and oxygen atoms in total. The van der Waals surface area contributed by atoms with E-state index >= 15 is 0 Å². The van der Waals surface area contributed by atoms with Gasteiger partial charge in [-0.1, -0.05) is 106 Å². The van der Waals surface area contributed by atoms with Crippen molar-refractivity contribution in [2.45, 2.75) is 26.5 Å². The smallest absolute Gasteiger partial charge is 0.271 e. The largest absolute Gasteiger partial charge is 0.488 e. The maximum Gasteiger partial charge on any atom is 0.271 e. The average Bonchev–Trinajstić information content (AvgIpc) is 3.31. The number of carbonyl (C=O) groups is 1. The number of fused-ring (bicyclic) bond motifs is 1. The highest BCUT2D eigenvalue weighted by Gasteiger charge is 2.32. The van der Waals surface area contributed by atoms with Crippen molar-refractivity contribution in [1.29, 1.82) is 0 Å². The number of benzene rings is 4. The molecule has 214 valence electrons. The lowest BCUT2D eigenvalue weighted by Crippen LogP contribution is -2.40. The summed E-state index contributed by atoms with van der Waals surface area (Å²) < 4.78 is 9.17. The molecule has 0 spiro atoms. The number of hydrogen-bond acceptors (Lipinski definition) is 5. The second-order valence-electron chi connectivity index (χ2n) is 10.3. The molecule has 1 aliphatic rings. The number of amides is 1. The monoisotopic (exact) mass is 649 g/mol. The first-order valence-corrected chi connectivity index (χ1v) is 15.4. The fourth-order valence-corrected chi connectivity index (χ4v) is 6.45. The van der Waals surface area contributed by atoms with Crippen LogP contribution in [-0.4, -0.2) is 10.5 Å². The summed E-state index contributed by atoms with van der Waals surface area (Å²) in [6, 6.07) is 32.2. The standard InChI is InChI=1S/C35H28BrN3O3S/c1-22-13-15-25(16-14-22)32-31(33(40)38-28-11-7-4-8-12-28)23(2)37-35-39(32)34(41)30(43-35)20-26-19-27(36)17-18-29(26)42-21-24-9-5-3-6-10-24/h3-20,32H,21H2,1-2H3,(H,38,40)/b30-20-/t32-/m1/s1. The van der Waals surface area contributed by atoms with Crippen LogP contribution in [0.15, 0.2) is 129 Å². The van der Waals surface area contributed by atoms with Gasteiger partial charge in [0.2, 0.25) is 0 Å². The van der Waals surface area contributed by atoms with Crippen LogP contribution >= 0.6 is 27.3 Å². The van der Waals surface area contributed by atoms with Gasteiger partial charge in [0, 0.05) is 15.7 Å². The molecule has 1 aliphatic heterocycles. The zero-order valence-electron chi connectivity index (χ0n) is 23.6. The highest BCUT2D eigenvalue weighted by Crippen LogP contribution is 2.31. The first kappa shape index (κ1) is 28.6. The first-order valence-electron chi connectivity index (χ1n) is 13.8. The minimum Gasteiger partial charge on any atom is -0.488 e. The Hall–Kier alpha value is -4.53. The van der Waals surface area contributed by atoms with Gasteiger partial charge in [0.1, 0.15) is 12.4 Å². The topological polar surface area (TPSA) is 72.7 Å². The van der Waals surface area contributed by atoms with E-state index in [0.717, 1.165) is 26.7 Å². The summed E-state index contributed by atoms with van der Waals surface area (Å²) in [5, 5.41) is 2.99. The summed E-state index contributed by atoms with van der Waals surface area (Å²) >= 11 is 4.86. The molecule has 0 saturated carbocycles. The molecule has 43 heavy (non-hydrogen) atoms. The minimum absolute atomic E-state index is 0.221. The Bertz CT molecular complexity index is 2020. The van der Waals surface area contributed by atoms with E-state index in [-0.39, 0.29) is 11.5 Å². The van der Waals surface area contributed by atoms with Crippen molar-refractivity contribution in [2.24, 2.45) is 4.99 Å². The van der Waals surface area contributed by atoms with Gasteiger partial charge >= 0.3 is 0 Å². The number of anilines is 1.